The summed E-state index contributed by atoms with van der Waals surface area (Å²) in [7, 11) is 3.65. The Bertz CT molecular complexity index is 1060. The van der Waals surface area contributed by atoms with Crippen molar-refractivity contribution in [3.63, 3.8) is 0 Å². The number of aliphatic hydroxyl groups is 2. The van der Waals surface area contributed by atoms with Crippen LogP contribution in [-0.4, -0.2) is 96.8 Å². The zero-order chi connectivity index (χ0) is 28.7. The molecular weight excluding hydrogens is 510 g/mol. The largest absolute Gasteiger partial charge is 0.478 e. The van der Waals surface area contributed by atoms with Crippen molar-refractivity contribution in [3.05, 3.63) is 23.4 Å². The van der Waals surface area contributed by atoms with E-state index < -0.39 is 17.0 Å². The van der Waals surface area contributed by atoms with Gasteiger partial charge in [-0.15, -0.1) is 0 Å². The second-order valence-electron chi connectivity index (χ2n) is 12.9. The SMILES string of the molecule is CN=C(N)N1C=CC(CNCCO)C2(C1)C1CCC(C)C23CC(O)(COC2CCCC(NC)C2)C(C(=O)O)=C3C1. The van der Waals surface area contributed by atoms with Gasteiger partial charge in [0.15, 0.2) is 5.96 Å². The average molecular weight is 560 g/mol. The first-order valence-corrected chi connectivity index (χ1v) is 15.1. The molecule has 0 aromatic heterocycles. The summed E-state index contributed by atoms with van der Waals surface area (Å²) in [6, 6.07) is 0.382. The third-order valence-corrected chi connectivity index (χ3v) is 11.3. The van der Waals surface area contributed by atoms with Gasteiger partial charge in [-0.2, -0.15) is 0 Å². The minimum Gasteiger partial charge on any atom is -0.478 e. The number of aliphatic hydroxyl groups excluding tert-OH is 1. The number of carboxylic acid groups (broad SMARTS) is 1. The molecule has 8 atom stereocenters. The van der Waals surface area contributed by atoms with Gasteiger partial charge >= 0.3 is 5.97 Å². The van der Waals surface area contributed by atoms with Crippen molar-refractivity contribution >= 4 is 11.9 Å². The normalized spacial score (nSPS) is 41.2. The van der Waals surface area contributed by atoms with Crippen LogP contribution in [0.25, 0.3) is 0 Å². The van der Waals surface area contributed by atoms with Crippen molar-refractivity contribution < 1.29 is 24.9 Å². The van der Waals surface area contributed by atoms with E-state index in [-0.39, 0.29) is 48.1 Å². The Morgan fingerprint density at radius 1 is 1.30 bits per heavy atom. The Balaban J connectivity index is 1.56. The lowest BCUT2D eigenvalue weighted by molar-refractivity contribution is -0.143. The van der Waals surface area contributed by atoms with Crippen LogP contribution in [0.15, 0.2) is 28.4 Å². The molecule has 3 saturated carbocycles. The van der Waals surface area contributed by atoms with E-state index in [1.54, 1.807) is 7.05 Å². The van der Waals surface area contributed by atoms with E-state index in [9.17, 15) is 20.1 Å². The topological polar surface area (TPSA) is 153 Å². The summed E-state index contributed by atoms with van der Waals surface area (Å²) >= 11 is 0. The molecule has 2 bridgehead atoms. The quantitative estimate of drug-likeness (QED) is 0.140. The van der Waals surface area contributed by atoms with Crippen molar-refractivity contribution in [1.29, 1.82) is 0 Å². The second kappa shape index (κ2) is 11.4. The molecule has 0 amide bonds. The van der Waals surface area contributed by atoms with Gasteiger partial charge in [-0.1, -0.05) is 13.0 Å². The molecule has 4 aliphatic carbocycles. The maximum Gasteiger partial charge on any atom is 0.334 e. The molecule has 5 rings (SSSR count). The van der Waals surface area contributed by atoms with Gasteiger partial charge in [-0.05, 0) is 81.7 Å². The summed E-state index contributed by atoms with van der Waals surface area (Å²) in [6.07, 6.45) is 11.2. The molecule has 5 aliphatic rings. The fourth-order valence-corrected chi connectivity index (χ4v) is 9.54. The number of nitrogens with two attached hydrogens (primary N) is 1. The number of carbonyl (C=O) groups is 1. The minimum atomic E-state index is -1.56. The number of nitrogens with one attached hydrogen (secondary N) is 2. The predicted molar refractivity (Wildman–Crippen MR) is 153 cm³/mol. The van der Waals surface area contributed by atoms with E-state index in [0.717, 1.165) is 44.1 Å². The smallest absolute Gasteiger partial charge is 0.334 e. The third kappa shape index (κ3) is 4.51. The van der Waals surface area contributed by atoms with Crippen molar-refractivity contribution in [3.8, 4) is 0 Å². The average Bonchev–Trinajstić information content (AvgIpc) is 3.30. The molecule has 7 N–H and O–H groups in total. The van der Waals surface area contributed by atoms with Crippen LogP contribution in [0, 0.1) is 28.6 Å². The Hall–Kier alpha value is -1.98. The van der Waals surface area contributed by atoms with Crippen LogP contribution in [0.5, 0.6) is 0 Å². The first-order valence-electron chi connectivity index (χ1n) is 15.1. The molecule has 0 radical (unpaired) electrons. The van der Waals surface area contributed by atoms with Gasteiger partial charge in [0.1, 0.15) is 5.60 Å². The molecule has 8 unspecified atom stereocenters. The summed E-state index contributed by atoms with van der Waals surface area (Å²) in [5.74, 6) is -0.0770. The fraction of sp³-hybridized carbons (Fsp3) is 0.800. The van der Waals surface area contributed by atoms with Crippen molar-refractivity contribution in [2.24, 2.45) is 39.3 Å². The highest BCUT2D eigenvalue weighted by molar-refractivity contribution is 5.92. The number of aliphatic carboxylic acids is 1. The lowest BCUT2D eigenvalue weighted by atomic mass is 9.46. The number of ether oxygens (including phenoxy) is 1. The zero-order valence-corrected chi connectivity index (χ0v) is 24.4. The number of hydrogen-bond donors (Lipinski definition) is 6. The molecule has 40 heavy (non-hydrogen) atoms. The summed E-state index contributed by atoms with van der Waals surface area (Å²) in [4.78, 5) is 19.3. The summed E-state index contributed by atoms with van der Waals surface area (Å²) in [6.45, 7) is 4.07. The van der Waals surface area contributed by atoms with Crippen LogP contribution >= 0.6 is 0 Å². The number of rotatable bonds is 9. The molecule has 0 saturated heterocycles. The standard InChI is InChI=1S/C30H49N5O5/c1-19-7-8-20-13-24-25(26(37)38)28(39,18-40-23-6-4-5-22(14-23)32-2)16-29(19,24)30(20)17-35(27(31)33-3)11-9-21(30)15-34-10-12-36/h9,11,19-23,32,34,36,39H,4-8,10,12-18H2,1-3H3,(H2,31,33)(H,37,38). The van der Waals surface area contributed by atoms with Crippen LogP contribution in [-0.2, 0) is 9.53 Å². The van der Waals surface area contributed by atoms with Crippen molar-refractivity contribution in [2.45, 2.75) is 76.0 Å². The van der Waals surface area contributed by atoms with Crippen LogP contribution < -0.4 is 16.4 Å². The second-order valence-corrected chi connectivity index (χ2v) is 12.9. The lowest BCUT2D eigenvalue weighted by Crippen LogP contribution is -2.62. The molecule has 0 aromatic rings. The van der Waals surface area contributed by atoms with E-state index in [1.807, 2.05) is 18.1 Å². The molecule has 0 aromatic carbocycles. The van der Waals surface area contributed by atoms with Gasteiger partial charge in [-0.3, -0.25) is 4.99 Å². The summed E-state index contributed by atoms with van der Waals surface area (Å²) in [5, 5.41) is 39.2. The predicted octanol–water partition coefficient (Wildman–Crippen LogP) is 1.44. The number of guanidine groups is 1. The molecule has 10 nitrogen and oxygen atoms in total. The first-order chi connectivity index (χ1) is 19.2. The third-order valence-electron chi connectivity index (χ3n) is 11.3. The Morgan fingerprint density at radius 2 is 2.10 bits per heavy atom. The molecule has 224 valence electrons. The lowest BCUT2D eigenvalue weighted by Gasteiger charge is -2.61. The number of allylic oxidation sites excluding steroid dienone is 1. The first kappa shape index (κ1) is 29.5. The highest BCUT2D eigenvalue weighted by Gasteiger charge is 2.75. The molecule has 2 spiro atoms. The van der Waals surface area contributed by atoms with Crippen LogP contribution in [0.3, 0.4) is 0 Å². The molecular formula is C30H49N5O5. The number of carboxylic acids is 1. The highest BCUT2D eigenvalue weighted by Crippen LogP contribution is 2.77. The van der Waals surface area contributed by atoms with E-state index >= 15 is 0 Å². The maximum absolute atomic E-state index is 13.0. The minimum absolute atomic E-state index is 0.00000912. The van der Waals surface area contributed by atoms with Crippen molar-refractivity contribution in [1.82, 2.24) is 15.5 Å². The Kier molecular flexibility index (Phi) is 8.38. The number of aliphatic imine (C=N–C) groups is 1. The molecule has 1 heterocycles. The highest BCUT2D eigenvalue weighted by atomic mass is 16.5. The Morgan fingerprint density at radius 3 is 2.80 bits per heavy atom. The maximum atomic E-state index is 13.0. The fourth-order valence-electron chi connectivity index (χ4n) is 9.54. The summed E-state index contributed by atoms with van der Waals surface area (Å²) < 4.78 is 6.38. The van der Waals surface area contributed by atoms with E-state index in [2.05, 4.69) is 28.6 Å². The van der Waals surface area contributed by atoms with Crippen LogP contribution in [0.2, 0.25) is 0 Å². The van der Waals surface area contributed by atoms with Gasteiger partial charge in [0.05, 0.1) is 24.9 Å². The van der Waals surface area contributed by atoms with E-state index in [0.29, 0.717) is 44.5 Å². The van der Waals surface area contributed by atoms with E-state index in [1.165, 1.54) is 0 Å². The van der Waals surface area contributed by atoms with Gasteiger partial charge in [0.2, 0.25) is 0 Å². The van der Waals surface area contributed by atoms with Crippen molar-refractivity contribution in [2.75, 3.05) is 46.9 Å². The summed E-state index contributed by atoms with van der Waals surface area (Å²) in [5.41, 5.74) is 5.04. The molecule has 3 fully saturated rings. The molecule has 10 heteroatoms. The van der Waals surface area contributed by atoms with Gasteiger partial charge < -0.3 is 41.3 Å². The number of nitrogens with zero attached hydrogens (tertiary/aromatic N) is 2. The molecule has 1 aliphatic heterocycles. The van der Waals surface area contributed by atoms with Crippen LogP contribution in [0.4, 0.5) is 0 Å². The number of hydrogen-bond acceptors (Lipinski definition) is 7. The van der Waals surface area contributed by atoms with Gasteiger partial charge in [0.25, 0.3) is 0 Å². The Labute approximate surface area is 238 Å². The monoisotopic (exact) mass is 559 g/mol. The zero-order valence-electron chi connectivity index (χ0n) is 24.4. The van der Waals surface area contributed by atoms with Gasteiger partial charge in [-0.25, -0.2) is 4.79 Å². The van der Waals surface area contributed by atoms with Crippen LogP contribution in [0.1, 0.15) is 58.3 Å². The van der Waals surface area contributed by atoms with Gasteiger partial charge in [0, 0.05) is 49.8 Å². The van der Waals surface area contributed by atoms with E-state index in [4.69, 9.17) is 10.5 Å².